The molecule has 3 N–H and O–H groups in total. The van der Waals surface area contributed by atoms with E-state index in [0.717, 1.165) is 16.8 Å². The van der Waals surface area contributed by atoms with E-state index in [1.54, 1.807) is 12.3 Å². The topological polar surface area (TPSA) is 100 Å². The van der Waals surface area contributed by atoms with E-state index in [1.165, 1.54) is 0 Å². The molecule has 3 aromatic rings. The fourth-order valence-electron chi connectivity index (χ4n) is 2.42. The Morgan fingerprint density at radius 2 is 2.10 bits per heavy atom. The minimum absolute atomic E-state index is 0. The van der Waals surface area contributed by atoms with Gasteiger partial charge in [0.2, 0.25) is 5.82 Å². The lowest BCUT2D eigenvalue weighted by atomic mass is 10.3. The largest absolute Gasteiger partial charge is 0.488 e. The van der Waals surface area contributed by atoms with Gasteiger partial charge in [-0.25, -0.2) is 9.98 Å². The number of rotatable bonds is 8. The lowest BCUT2D eigenvalue weighted by molar-refractivity contribution is 0.222. The molecule has 0 radical (unpaired) electrons. The van der Waals surface area contributed by atoms with Gasteiger partial charge in [-0.2, -0.15) is 0 Å². The van der Waals surface area contributed by atoms with Crippen molar-refractivity contribution >= 4 is 45.9 Å². The molecule has 2 aromatic heterocycles. The molecule has 10 heteroatoms. The Morgan fingerprint density at radius 3 is 2.83 bits per heavy atom. The molecule has 0 amide bonds. The molecule has 1 unspecified atom stereocenters. The number of nitrogens with one attached hydrogen (secondary N) is 3. The second-order valence-electron chi connectivity index (χ2n) is 6.02. The van der Waals surface area contributed by atoms with Crippen molar-refractivity contribution in [3.63, 3.8) is 0 Å². The number of guanidine groups is 1. The van der Waals surface area contributed by atoms with Crippen LogP contribution in [0.5, 0.6) is 5.75 Å². The van der Waals surface area contributed by atoms with Gasteiger partial charge < -0.3 is 19.8 Å². The summed E-state index contributed by atoms with van der Waals surface area (Å²) in [4.78, 5) is 8.93. The maximum atomic E-state index is 5.95. The number of para-hydroxylation sites is 1. The number of H-pyrrole nitrogens is 1. The van der Waals surface area contributed by atoms with Crippen molar-refractivity contribution in [2.24, 2.45) is 4.99 Å². The van der Waals surface area contributed by atoms with Gasteiger partial charge >= 0.3 is 0 Å². The number of aromatic nitrogens is 3. The van der Waals surface area contributed by atoms with Crippen molar-refractivity contribution in [2.75, 3.05) is 13.1 Å². The second-order valence-corrected chi connectivity index (χ2v) is 6.87. The van der Waals surface area contributed by atoms with Crippen molar-refractivity contribution in [3.8, 4) is 17.3 Å². The van der Waals surface area contributed by atoms with Crippen LogP contribution in [-0.4, -0.2) is 40.3 Å². The van der Waals surface area contributed by atoms with Crippen molar-refractivity contribution in [1.82, 2.24) is 25.8 Å². The summed E-state index contributed by atoms with van der Waals surface area (Å²) in [6.45, 7) is 5.73. The van der Waals surface area contributed by atoms with Crippen LogP contribution < -0.4 is 15.4 Å². The van der Waals surface area contributed by atoms with Gasteiger partial charge in [-0.05, 0) is 54.0 Å². The van der Waals surface area contributed by atoms with Crippen molar-refractivity contribution < 1.29 is 9.15 Å². The molecule has 0 spiro atoms. The van der Waals surface area contributed by atoms with Crippen molar-refractivity contribution in [2.45, 2.75) is 26.5 Å². The quantitative estimate of drug-likeness (QED) is 0.214. The van der Waals surface area contributed by atoms with E-state index >= 15 is 0 Å². The predicted octanol–water partition coefficient (Wildman–Crippen LogP) is 3.97. The van der Waals surface area contributed by atoms with E-state index in [1.807, 2.05) is 44.2 Å². The van der Waals surface area contributed by atoms with Crippen LogP contribution in [0.1, 0.15) is 19.7 Å². The molecule has 0 bridgehead atoms. The summed E-state index contributed by atoms with van der Waals surface area (Å²) >= 11 is 3.49. The van der Waals surface area contributed by atoms with Gasteiger partial charge in [0, 0.05) is 6.54 Å². The van der Waals surface area contributed by atoms with Crippen molar-refractivity contribution in [3.05, 3.63) is 53.0 Å². The molecular formula is C19H24BrIN6O2. The van der Waals surface area contributed by atoms with Gasteiger partial charge in [-0.15, -0.1) is 29.1 Å². The molecule has 1 aromatic carbocycles. The average molecular weight is 575 g/mol. The zero-order valence-corrected chi connectivity index (χ0v) is 20.1. The summed E-state index contributed by atoms with van der Waals surface area (Å²) in [5.41, 5.74) is 0. The standard InChI is InChI=1S/C19H23BrN6O2.HI/c1-3-21-19(22-11-13(2)28-15-8-5-4-7-14(15)20)23-12-17-24-18(26-25-17)16-9-6-10-27-16;/h4-10,13H,3,11-12H2,1-2H3,(H2,21,22,23)(H,24,25,26);1H. The number of furan rings is 1. The summed E-state index contributed by atoms with van der Waals surface area (Å²) in [5.74, 6) is 3.28. The fourth-order valence-corrected chi connectivity index (χ4v) is 2.80. The molecule has 0 saturated heterocycles. The summed E-state index contributed by atoms with van der Waals surface area (Å²) in [6.07, 6.45) is 1.55. The lowest BCUT2D eigenvalue weighted by Crippen LogP contribution is -2.41. The highest BCUT2D eigenvalue weighted by atomic mass is 127. The van der Waals surface area contributed by atoms with Crippen LogP contribution in [0.25, 0.3) is 11.6 Å². The first-order valence-electron chi connectivity index (χ1n) is 9.04. The summed E-state index contributed by atoms with van der Waals surface area (Å²) in [6, 6.07) is 11.4. The monoisotopic (exact) mass is 574 g/mol. The highest BCUT2D eigenvalue weighted by Gasteiger charge is 2.10. The third-order valence-corrected chi connectivity index (χ3v) is 4.38. The van der Waals surface area contributed by atoms with Crippen LogP contribution >= 0.6 is 39.9 Å². The molecule has 29 heavy (non-hydrogen) atoms. The molecule has 0 saturated carbocycles. The molecule has 0 aliphatic rings. The van der Waals surface area contributed by atoms with Gasteiger partial charge in [0.1, 0.15) is 24.2 Å². The Hall–Kier alpha value is -2.08. The Balaban J connectivity index is 0.00000300. The number of benzene rings is 1. The number of ether oxygens (including phenoxy) is 1. The van der Waals surface area contributed by atoms with E-state index in [4.69, 9.17) is 9.15 Å². The number of aliphatic imine (C=N–C) groups is 1. The Kier molecular flexibility index (Phi) is 9.45. The SMILES string of the molecule is CCNC(=NCc1nc(-c2ccco2)n[nH]1)NCC(C)Oc1ccccc1Br.I. The summed E-state index contributed by atoms with van der Waals surface area (Å²) in [7, 11) is 0. The molecule has 0 aliphatic carbocycles. The minimum atomic E-state index is -0.0432. The molecule has 156 valence electrons. The van der Waals surface area contributed by atoms with Gasteiger partial charge in [0.25, 0.3) is 0 Å². The van der Waals surface area contributed by atoms with Gasteiger partial charge in [-0.3, -0.25) is 5.10 Å². The molecular weight excluding hydrogens is 551 g/mol. The third kappa shape index (κ3) is 7.03. The van der Waals surface area contributed by atoms with Crippen LogP contribution in [0.15, 0.2) is 56.5 Å². The number of halogens is 2. The Bertz CT molecular complexity index is 900. The highest BCUT2D eigenvalue weighted by Crippen LogP contribution is 2.24. The van der Waals surface area contributed by atoms with E-state index in [0.29, 0.717) is 36.5 Å². The van der Waals surface area contributed by atoms with Crippen LogP contribution in [-0.2, 0) is 6.54 Å². The van der Waals surface area contributed by atoms with Crippen LogP contribution in [0.4, 0.5) is 0 Å². The Labute approximate surface area is 195 Å². The lowest BCUT2D eigenvalue weighted by Gasteiger charge is -2.18. The van der Waals surface area contributed by atoms with Gasteiger partial charge in [-0.1, -0.05) is 12.1 Å². The maximum absolute atomic E-state index is 5.95. The van der Waals surface area contributed by atoms with Gasteiger partial charge in [0.05, 0.1) is 17.3 Å². The van der Waals surface area contributed by atoms with Crippen LogP contribution in [0, 0.1) is 0 Å². The number of hydrogen-bond donors (Lipinski definition) is 3. The normalized spacial score (nSPS) is 12.2. The smallest absolute Gasteiger partial charge is 0.216 e. The Morgan fingerprint density at radius 1 is 1.28 bits per heavy atom. The molecule has 0 aliphatic heterocycles. The fraction of sp³-hybridized carbons (Fsp3) is 0.316. The highest BCUT2D eigenvalue weighted by molar-refractivity contribution is 14.0. The van der Waals surface area contributed by atoms with Crippen LogP contribution in [0.3, 0.4) is 0 Å². The zero-order valence-electron chi connectivity index (χ0n) is 16.2. The predicted molar refractivity (Wildman–Crippen MR) is 127 cm³/mol. The molecule has 0 fully saturated rings. The van der Waals surface area contributed by atoms with E-state index in [-0.39, 0.29) is 30.1 Å². The first-order valence-corrected chi connectivity index (χ1v) is 9.83. The number of nitrogens with zero attached hydrogens (tertiary/aromatic N) is 3. The summed E-state index contributed by atoms with van der Waals surface area (Å²) < 4.78 is 12.2. The zero-order chi connectivity index (χ0) is 19.8. The summed E-state index contributed by atoms with van der Waals surface area (Å²) in [5, 5.41) is 13.5. The van der Waals surface area contributed by atoms with Gasteiger partial charge in [0.15, 0.2) is 11.7 Å². The molecule has 1 atom stereocenters. The van der Waals surface area contributed by atoms with E-state index in [2.05, 4.69) is 46.7 Å². The minimum Gasteiger partial charge on any atom is -0.488 e. The molecule has 8 nitrogen and oxygen atoms in total. The number of hydrogen-bond acceptors (Lipinski definition) is 5. The third-order valence-electron chi connectivity index (χ3n) is 3.73. The van der Waals surface area contributed by atoms with E-state index < -0.39 is 0 Å². The maximum Gasteiger partial charge on any atom is 0.216 e. The van der Waals surface area contributed by atoms with Crippen molar-refractivity contribution in [1.29, 1.82) is 0 Å². The number of aromatic amines is 1. The van der Waals surface area contributed by atoms with E-state index in [9.17, 15) is 0 Å². The molecule has 3 rings (SSSR count). The molecule has 2 heterocycles. The second kappa shape index (κ2) is 11.8. The first kappa shape index (κ1) is 23.2. The average Bonchev–Trinajstić information content (AvgIpc) is 3.37. The van der Waals surface area contributed by atoms with Crippen LogP contribution in [0.2, 0.25) is 0 Å². The first-order chi connectivity index (χ1) is 13.7.